The number of carbonyl (C=O) groups excluding carboxylic acids is 1. The van der Waals surface area contributed by atoms with Crippen LogP contribution in [0.4, 0.5) is 5.13 Å². The van der Waals surface area contributed by atoms with Crippen molar-refractivity contribution in [1.29, 1.82) is 0 Å². The summed E-state index contributed by atoms with van der Waals surface area (Å²) in [6, 6.07) is 8.97. The van der Waals surface area contributed by atoms with E-state index in [4.69, 9.17) is 16.0 Å². The van der Waals surface area contributed by atoms with Crippen LogP contribution in [0, 0.1) is 6.92 Å². The number of nitrogens with zero attached hydrogens (tertiary/aromatic N) is 3. The molecule has 0 aliphatic carbocycles. The molecule has 4 aromatic rings. The topological polar surface area (TPSA) is 80.9 Å². The lowest BCUT2D eigenvalue weighted by Gasteiger charge is -2.10. The molecule has 0 spiro atoms. The number of hydrogen-bond donors (Lipinski definition) is 1. The number of thioether (sulfide) groups is 1. The molecule has 3 heterocycles. The molecule has 136 valence electrons. The zero-order valence-corrected chi connectivity index (χ0v) is 16.7. The van der Waals surface area contributed by atoms with E-state index in [1.807, 2.05) is 18.4 Å². The molecule has 0 saturated carbocycles. The van der Waals surface area contributed by atoms with Gasteiger partial charge < -0.3 is 4.42 Å². The van der Waals surface area contributed by atoms with Crippen molar-refractivity contribution >= 4 is 56.0 Å². The first-order chi connectivity index (χ1) is 13.0. The Morgan fingerprint density at radius 1 is 1.26 bits per heavy atom. The van der Waals surface area contributed by atoms with Gasteiger partial charge in [0.05, 0.1) is 27.7 Å². The summed E-state index contributed by atoms with van der Waals surface area (Å²) in [4.78, 5) is 26.2. The van der Waals surface area contributed by atoms with Crippen LogP contribution in [0.2, 0.25) is 5.02 Å². The minimum atomic E-state index is -0.298. The summed E-state index contributed by atoms with van der Waals surface area (Å²) in [6.07, 6.45) is 3.43. The van der Waals surface area contributed by atoms with Crippen LogP contribution in [-0.4, -0.2) is 27.1 Å². The maximum atomic E-state index is 12.9. The van der Waals surface area contributed by atoms with E-state index in [0.717, 1.165) is 10.2 Å². The molecule has 3 aromatic heterocycles. The number of aryl methyl sites for hydroxylation is 1. The van der Waals surface area contributed by atoms with Crippen molar-refractivity contribution < 1.29 is 9.21 Å². The summed E-state index contributed by atoms with van der Waals surface area (Å²) in [6.45, 7) is 1.78. The average molecular weight is 417 g/mol. The molecule has 0 aliphatic heterocycles. The maximum Gasteiger partial charge on any atom is 0.262 e. The van der Waals surface area contributed by atoms with Crippen molar-refractivity contribution in [3.05, 3.63) is 52.9 Å². The minimum Gasteiger partial charge on any atom is -0.461 e. The highest BCUT2D eigenvalue weighted by Gasteiger charge is 2.21. The Morgan fingerprint density at radius 2 is 2.11 bits per heavy atom. The zero-order chi connectivity index (χ0) is 19.0. The lowest BCUT2D eigenvalue weighted by Crippen LogP contribution is -2.16. The Morgan fingerprint density at radius 3 is 2.85 bits per heavy atom. The summed E-state index contributed by atoms with van der Waals surface area (Å²) in [7, 11) is 0. The lowest BCUT2D eigenvalue weighted by molar-refractivity contribution is 0.102. The SMILES string of the molecule is CSc1nc(-c2ccco2)nc(C)c1C(=O)Nc1nc2ccc(Cl)cc2s1. The van der Waals surface area contributed by atoms with E-state index >= 15 is 0 Å². The molecule has 0 atom stereocenters. The van der Waals surface area contributed by atoms with E-state index in [0.29, 0.717) is 38.0 Å². The normalized spacial score (nSPS) is 11.1. The van der Waals surface area contributed by atoms with E-state index in [9.17, 15) is 4.79 Å². The smallest absolute Gasteiger partial charge is 0.262 e. The molecule has 1 amide bonds. The molecule has 6 nitrogen and oxygen atoms in total. The number of thiazole rings is 1. The number of aromatic nitrogens is 3. The molecule has 0 radical (unpaired) electrons. The van der Waals surface area contributed by atoms with E-state index < -0.39 is 0 Å². The van der Waals surface area contributed by atoms with Gasteiger partial charge in [-0.2, -0.15) is 0 Å². The molecule has 9 heteroatoms. The predicted molar refractivity (Wildman–Crippen MR) is 109 cm³/mol. The molecule has 4 rings (SSSR count). The standard InChI is InChI=1S/C18H13ClN4O2S2/c1-9-14(17(26-2)22-15(20-9)12-4-3-7-25-12)16(24)23-18-21-11-6-5-10(19)8-13(11)27-18/h3-8H,1-2H3,(H,21,23,24). The number of nitrogens with one attached hydrogen (secondary N) is 1. The van der Waals surface area contributed by atoms with Crippen molar-refractivity contribution in [2.75, 3.05) is 11.6 Å². The van der Waals surface area contributed by atoms with E-state index in [1.54, 1.807) is 31.4 Å². The highest BCUT2D eigenvalue weighted by Crippen LogP contribution is 2.30. The summed E-state index contributed by atoms with van der Waals surface area (Å²) in [5, 5.41) is 4.55. The van der Waals surface area contributed by atoms with Crippen LogP contribution in [-0.2, 0) is 0 Å². The van der Waals surface area contributed by atoms with Crippen molar-refractivity contribution in [1.82, 2.24) is 15.0 Å². The fourth-order valence-electron chi connectivity index (χ4n) is 2.58. The Balaban J connectivity index is 1.68. The van der Waals surface area contributed by atoms with Gasteiger partial charge in [-0.05, 0) is 43.5 Å². The number of fused-ring (bicyclic) bond motifs is 1. The number of furan rings is 1. The molecular formula is C18H13ClN4O2S2. The molecule has 0 unspecified atom stereocenters. The van der Waals surface area contributed by atoms with Gasteiger partial charge >= 0.3 is 0 Å². The lowest BCUT2D eigenvalue weighted by atomic mass is 10.2. The zero-order valence-electron chi connectivity index (χ0n) is 14.3. The number of halogens is 1. The van der Waals surface area contributed by atoms with Gasteiger partial charge in [0.1, 0.15) is 5.03 Å². The second-order valence-corrected chi connectivity index (χ2v) is 7.84. The molecule has 1 N–H and O–H groups in total. The van der Waals surface area contributed by atoms with Gasteiger partial charge in [-0.15, -0.1) is 11.8 Å². The van der Waals surface area contributed by atoms with Crippen molar-refractivity contribution in [3.63, 3.8) is 0 Å². The quantitative estimate of drug-likeness (QED) is 0.360. The monoisotopic (exact) mass is 416 g/mol. The van der Waals surface area contributed by atoms with Crippen molar-refractivity contribution in [2.24, 2.45) is 0 Å². The van der Waals surface area contributed by atoms with Gasteiger partial charge in [-0.1, -0.05) is 22.9 Å². The first-order valence-electron chi connectivity index (χ1n) is 7.89. The highest BCUT2D eigenvalue weighted by molar-refractivity contribution is 7.98. The first-order valence-corrected chi connectivity index (χ1v) is 10.3. The third kappa shape index (κ3) is 3.55. The molecule has 0 fully saturated rings. The van der Waals surface area contributed by atoms with Crippen molar-refractivity contribution in [2.45, 2.75) is 11.9 Å². The summed E-state index contributed by atoms with van der Waals surface area (Å²) < 4.78 is 6.27. The van der Waals surface area contributed by atoms with Crippen LogP contribution in [0.1, 0.15) is 16.1 Å². The van der Waals surface area contributed by atoms with E-state index in [-0.39, 0.29) is 5.91 Å². The molecule has 1 aromatic carbocycles. The number of hydrogen-bond acceptors (Lipinski definition) is 7. The van der Waals surface area contributed by atoms with Crippen molar-refractivity contribution in [3.8, 4) is 11.6 Å². The van der Waals surface area contributed by atoms with E-state index in [2.05, 4.69) is 20.3 Å². The Labute approximate surface area is 168 Å². The minimum absolute atomic E-state index is 0.298. The van der Waals surface area contributed by atoms with Gasteiger partial charge in [0.2, 0.25) is 0 Å². The second-order valence-electron chi connectivity index (χ2n) is 5.58. The van der Waals surface area contributed by atoms with Gasteiger partial charge in [0, 0.05) is 5.02 Å². The molecule has 0 aliphatic rings. The third-order valence-corrected chi connectivity index (χ3v) is 5.64. The Hall–Kier alpha value is -2.42. The van der Waals surface area contributed by atoms with Crippen LogP contribution in [0.25, 0.3) is 21.8 Å². The number of benzene rings is 1. The molecular weight excluding hydrogens is 404 g/mol. The van der Waals surface area contributed by atoms with Crippen LogP contribution in [0.3, 0.4) is 0 Å². The van der Waals surface area contributed by atoms with Gasteiger partial charge in [-0.3, -0.25) is 10.1 Å². The summed E-state index contributed by atoms with van der Waals surface area (Å²) >= 11 is 8.76. The fraction of sp³-hybridized carbons (Fsp3) is 0.111. The van der Waals surface area contributed by atoms with Gasteiger partial charge in [0.15, 0.2) is 16.7 Å². The van der Waals surface area contributed by atoms with E-state index in [1.165, 1.54) is 23.1 Å². The van der Waals surface area contributed by atoms with Crippen LogP contribution in [0.5, 0.6) is 0 Å². The summed E-state index contributed by atoms with van der Waals surface area (Å²) in [5.74, 6) is 0.712. The number of carbonyl (C=O) groups is 1. The molecule has 0 saturated heterocycles. The van der Waals surface area contributed by atoms with Crippen LogP contribution >= 0.6 is 34.7 Å². The third-order valence-electron chi connectivity index (χ3n) is 3.79. The number of rotatable bonds is 4. The maximum absolute atomic E-state index is 12.9. The largest absolute Gasteiger partial charge is 0.461 e. The second kappa shape index (κ2) is 7.30. The summed E-state index contributed by atoms with van der Waals surface area (Å²) in [5.41, 5.74) is 1.78. The predicted octanol–water partition coefficient (Wildman–Crippen LogP) is 5.28. The Kier molecular flexibility index (Phi) is 4.86. The fourth-order valence-corrected chi connectivity index (χ4v) is 4.34. The number of amides is 1. The van der Waals surface area contributed by atoms with Gasteiger partial charge in [-0.25, -0.2) is 15.0 Å². The first kappa shape index (κ1) is 18.0. The average Bonchev–Trinajstić information content (AvgIpc) is 3.29. The number of anilines is 1. The van der Waals surface area contributed by atoms with Crippen LogP contribution in [0.15, 0.2) is 46.0 Å². The molecule has 27 heavy (non-hydrogen) atoms. The molecule has 0 bridgehead atoms. The highest BCUT2D eigenvalue weighted by atomic mass is 35.5. The Bertz CT molecular complexity index is 1140. The van der Waals surface area contributed by atoms with Crippen LogP contribution < -0.4 is 5.32 Å². The van der Waals surface area contributed by atoms with Gasteiger partial charge in [0.25, 0.3) is 5.91 Å².